The zero-order chi connectivity index (χ0) is 16.5. The zero-order valence-electron chi connectivity index (χ0n) is 11.3. The van der Waals surface area contributed by atoms with E-state index in [-0.39, 0.29) is 23.2 Å². The fourth-order valence-electron chi connectivity index (χ4n) is 2.03. The molecule has 0 aliphatic heterocycles. The number of alkyl halides is 3. The van der Waals surface area contributed by atoms with Crippen molar-refractivity contribution >= 4 is 23.0 Å². The number of imidazole rings is 1. The zero-order valence-corrected chi connectivity index (χ0v) is 11.3. The number of hydrogen-bond acceptors (Lipinski definition) is 4. The Kier molecular flexibility index (Phi) is 4.07. The van der Waals surface area contributed by atoms with Crippen LogP contribution in [0.2, 0.25) is 0 Å². The fourth-order valence-corrected chi connectivity index (χ4v) is 2.03. The number of halogens is 3. The highest BCUT2D eigenvalue weighted by molar-refractivity contribution is 6.02. The maximum absolute atomic E-state index is 13.0. The van der Waals surface area contributed by atoms with Gasteiger partial charge in [-0.15, -0.1) is 0 Å². The van der Waals surface area contributed by atoms with Gasteiger partial charge in [0.2, 0.25) is 5.82 Å². The average molecular weight is 316 g/mol. The first-order valence-corrected chi connectivity index (χ1v) is 6.21. The molecule has 2 aromatic rings. The van der Waals surface area contributed by atoms with E-state index in [1.165, 1.54) is 18.2 Å². The summed E-state index contributed by atoms with van der Waals surface area (Å²) in [6, 6.07) is 3.89. The standard InChI is InChI=1S/C13H11F3N2O4/c1-2-22-11(21)7-4-3-5-8-10(7)17-12(13(14,15)16)18(8)6-9(19)20/h3-5H,2,6H2,1H3,(H,19,20). The van der Waals surface area contributed by atoms with E-state index in [9.17, 15) is 22.8 Å². The molecule has 0 spiro atoms. The predicted octanol–water partition coefficient (Wildman–Crippen LogP) is 2.32. The van der Waals surface area contributed by atoms with Crippen molar-refractivity contribution < 1.29 is 32.6 Å². The van der Waals surface area contributed by atoms with Gasteiger partial charge < -0.3 is 14.4 Å². The molecule has 0 aliphatic rings. The first-order valence-electron chi connectivity index (χ1n) is 6.21. The minimum atomic E-state index is -4.85. The Morgan fingerprint density at radius 1 is 1.36 bits per heavy atom. The number of carboxylic acids is 1. The van der Waals surface area contributed by atoms with E-state index in [0.717, 1.165) is 0 Å². The second kappa shape index (κ2) is 5.66. The minimum Gasteiger partial charge on any atom is -0.480 e. The van der Waals surface area contributed by atoms with Crippen molar-refractivity contribution in [2.45, 2.75) is 19.6 Å². The molecule has 1 aromatic carbocycles. The summed E-state index contributed by atoms with van der Waals surface area (Å²) in [5.41, 5.74) is -0.483. The van der Waals surface area contributed by atoms with Crippen LogP contribution in [0.1, 0.15) is 23.1 Å². The molecular weight excluding hydrogens is 305 g/mol. The Bertz CT molecular complexity index is 737. The Labute approximate surface area is 122 Å². The van der Waals surface area contributed by atoms with E-state index < -0.39 is 30.5 Å². The van der Waals surface area contributed by atoms with Crippen LogP contribution in [-0.4, -0.2) is 33.2 Å². The Balaban J connectivity index is 2.72. The molecule has 22 heavy (non-hydrogen) atoms. The second-order valence-electron chi connectivity index (χ2n) is 4.31. The van der Waals surface area contributed by atoms with Crippen LogP contribution < -0.4 is 0 Å². The molecule has 0 fully saturated rings. The van der Waals surface area contributed by atoms with Gasteiger partial charge in [-0.3, -0.25) is 4.79 Å². The molecule has 0 unspecified atom stereocenters. The number of benzene rings is 1. The van der Waals surface area contributed by atoms with Gasteiger partial charge in [-0.1, -0.05) is 6.07 Å². The number of carbonyl (C=O) groups is 2. The molecule has 0 atom stereocenters. The summed E-state index contributed by atoms with van der Waals surface area (Å²) in [4.78, 5) is 26.0. The second-order valence-corrected chi connectivity index (χ2v) is 4.31. The highest BCUT2D eigenvalue weighted by Gasteiger charge is 2.38. The summed E-state index contributed by atoms with van der Waals surface area (Å²) >= 11 is 0. The van der Waals surface area contributed by atoms with Crippen molar-refractivity contribution in [3.63, 3.8) is 0 Å². The van der Waals surface area contributed by atoms with E-state index in [4.69, 9.17) is 9.84 Å². The molecule has 1 heterocycles. The van der Waals surface area contributed by atoms with E-state index in [2.05, 4.69) is 4.98 Å². The van der Waals surface area contributed by atoms with Gasteiger partial charge in [0.1, 0.15) is 12.1 Å². The van der Waals surface area contributed by atoms with Crippen molar-refractivity contribution in [2.75, 3.05) is 6.61 Å². The number of hydrogen-bond donors (Lipinski definition) is 1. The molecule has 1 N–H and O–H groups in total. The van der Waals surface area contributed by atoms with Crippen LogP contribution in [0.25, 0.3) is 11.0 Å². The van der Waals surface area contributed by atoms with Gasteiger partial charge in [0.25, 0.3) is 0 Å². The van der Waals surface area contributed by atoms with Crippen molar-refractivity contribution in [3.05, 3.63) is 29.6 Å². The van der Waals surface area contributed by atoms with Gasteiger partial charge >= 0.3 is 18.1 Å². The predicted molar refractivity (Wildman–Crippen MR) is 68.3 cm³/mol. The molecule has 118 valence electrons. The lowest BCUT2D eigenvalue weighted by Crippen LogP contribution is -2.18. The summed E-state index contributed by atoms with van der Waals surface area (Å²) in [6.07, 6.45) is -4.85. The number of esters is 1. The summed E-state index contributed by atoms with van der Waals surface area (Å²) in [6.45, 7) is 0.691. The average Bonchev–Trinajstić information content (AvgIpc) is 2.77. The lowest BCUT2D eigenvalue weighted by Gasteiger charge is -2.08. The normalized spacial score (nSPS) is 11.6. The van der Waals surface area contributed by atoms with Crippen LogP contribution in [0.3, 0.4) is 0 Å². The maximum Gasteiger partial charge on any atom is 0.449 e. The maximum atomic E-state index is 13.0. The molecule has 2 rings (SSSR count). The van der Waals surface area contributed by atoms with E-state index >= 15 is 0 Å². The monoisotopic (exact) mass is 316 g/mol. The van der Waals surface area contributed by atoms with Crippen LogP contribution in [0, 0.1) is 0 Å². The van der Waals surface area contributed by atoms with Gasteiger partial charge in [0.15, 0.2) is 0 Å². The van der Waals surface area contributed by atoms with Crippen LogP contribution in [0.5, 0.6) is 0 Å². The van der Waals surface area contributed by atoms with Gasteiger partial charge in [0.05, 0.1) is 17.7 Å². The van der Waals surface area contributed by atoms with Crippen molar-refractivity contribution in [3.8, 4) is 0 Å². The van der Waals surface area contributed by atoms with Gasteiger partial charge in [-0.2, -0.15) is 13.2 Å². The van der Waals surface area contributed by atoms with Crippen molar-refractivity contribution in [1.82, 2.24) is 9.55 Å². The number of rotatable bonds is 4. The van der Waals surface area contributed by atoms with E-state index in [0.29, 0.717) is 4.57 Å². The van der Waals surface area contributed by atoms with Crippen LogP contribution >= 0.6 is 0 Å². The first-order chi connectivity index (χ1) is 10.3. The molecule has 0 radical (unpaired) electrons. The third-order valence-corrected chi connectivity index (χ3v) is 2.82. The number of carboxylic acid groups (broad SMARTS) is 1. The topological polar surface area (TPSA) is 81.4 Å². The molecule has 0 saturated carbocycles. The molecule has 0 saturated heterocycles. The van der Waals surface area contributed by atoms with Crippen molar-refractivity contribution in [1.29, 1.82) is 0 Å². The molecule has 9 heteroatoms. The molecule has 6 nitrogen and oxygen atoms in total. The van der Waals surface area contributed by atoms with Crippen LogP contribution in [-0.2, 0) is 22.3 Å². The summed E-state index contributed by atoms with van der Waals surface area (Å²) in [5, 5.41) is 8.79. The molecule has 0 amide bonds. The Morgan fingerprint density at radius 3 is 2.59 bits per heavy atom. The van der Waals surface area contributed by atoms with Crippen LogP contribution in [0.4, 0.5) is 13.2 Å². The molecule has 1 aromatic heterocycles. The Morgan fingerprint density at radius 2 is 2.05 bits per heavy atom. The number of nitrogens with zero attached hydrogens (tertiary/aromatic N) is 2. The lowest BCUT2D eigenvalue weighted by molar-refractivity contribution is -0.148. The van der Waals surface area contributed by atoms with Gasteiger partial charge in [0, 0.05) is 0 Å². The first kappa shape index (κ1) is 15.8. The van der Waals surface area contributed by atoms with Gasteiger partial charge in [-0.05, 0) is 19.1 Å². The van der Waals surface area contributed by atoms with E-state index in [1.807, 2.05) is 0 Å². The number of aromatic nitrogens is 2. The van der Waals surface area contributed by atoms with Gasteiger partial charge in [-0.25, -0.2) is 9.78 Å². The fraction of sp³-hybridized carbons (Fsp3) is 0.308. The number of para-hydroxylation sites is 1. The highest BCUT2D eigenvalue weighted by atomic mass is 19.4. The van der Waals surface area contributed by atoms with Crippen LogP contribution in [0.15, 0.2) is 18.2 Å². The largest absolute Gasteiger partial charge is 0.480 e. The minimum absolute atomic E-state index is 0.0528. The highest BCUT2D eigenvalue weighted by Crippen LogP contribution is 2.32. The summed E-state index contributed by atoms with van der Waals surface area (Å²) < 4.78 is 44.4. The molecule has 0 aliphatic carbocycles. The third kappa shape index (κ3) is 2.87. The quantitative estimate of drug-likeness (QED) is 0.875. The molecule has 0 bridgehead atoms. The molecular formula is C13H11F3N2O4. The number of carbonyl (C=O) groups excluding carboxylic acids is 1. The SMILES string of the molecule is CCOC(=O)c1cccc2c1nc(C(F)(F)F)n2CC(=O)O. The number of ether oxygens (including phenoxy) is 1. The summed E-state index contributed by atoms with van der Waals surface area (Å²) in [5.74, 6) is -3.64. The summed E-state index contributed by atoms with van der Waals surface area (Å²) in [7, 11) is 0. The smallest absolute Gasteiger partial charge is 0.449 e. The number of fused-ring (bicyclic) bond motifs is 1. The third-order valence-electron chi connectivity index (χ3n) is 2.82. The van der Waals surface area contributed by atoms with E-state index in [1.54, 1.807) is 6.92 Å². The Hall–Kier alpha value is -2.58. The lowest BCUT2D eigenvalue weighted by atomic mass is 10.2. The van der Waals surface area contributed by atoms with Crippen molar-refractivity contribution in [2.24, 2.45) is 0 Å². The number of aliphatic carboxylic acids is 1.